The minimum atomic E-state index is -0.341. The zero-order chi connectivity index (χ0) is 17.6. The number of nitrogens with one attached hydrogen (secondary N) is 1. The minimum Gasteiger partial charge on any atom is -0.445 e. The number of carbonyl (C=O) groups excluding carboxylic acids is 1. The number of nitrogens with zero attached hydrogens (tertiary/aromatic N) is 1. The van der Waals surface area contributed by atoms with E-state index in [0.717, 1.165) is 25.1 Å². The summed E-state index contributed by atoms with van der Waals surface area (Å²) in [5.41, 5.74) is 3.47. The van der Waals surface area contributed by atoms with Gasteiger partial charge in [0.05, 0.1) is 0 Å². The van der Waals surface area contributed by atoms with Gasteiger partial charge in [-0.1, -0.05) is 49.4 Å². The fraction of sp³-hybridized carbons (Fsp3) is 0.381. The second-order valence-electron chi connectivity index (χ2n) is 6.99. The van der Waals surface area contributed by atoms with Gasteiger partial charge >= 0.3 is 6.09 Å². The standard InChI is InChI=1S/C21H26N2O2/c1-16-7-6-10-20(12-16)23-13-17(2)11-19(14-23)22-21(24)25-15-18-8-4-3-5-9-18/h3-10,12,17,19H,11,13-15H2,1-2H3,(H,22,24). The molecule has 4 nitrogen and oxygen atoms in total. The van der Waals surface area contributed by atoms with Crippen LogP contribution in [0.4, 0.5) is 10.5 Å². The molecule has 1 aliphatic rings. The van der Waals surface area contributed by atoms with Crippen molar-refractivity contribution in [2.24, 2.45) is 5.92 Å². The van der Waals surface area contributed by atoms with Crippen LogP contribution in [-0.2, 0) is 11.3 Å². The summed E-state index contributed by atoms with van der Waals surface area (Å²) >= 11 is 0. The molecule has 1 fully saturated rings. The fourth-order valence-electron chi connectivity index (χ4n) is 3.42. The van der Waals surface area contributed by atoms with Crippen molar-refractivity contribution in [2.75, 3.05) is 18.0 Å². The molecule has 2 atom stereocenters. The zero-order valence-corrected chi connectivity index (χ0v) is 14.9. The average molecular weight is 338 g/mol. The van der Waals surface area contributed by atoms with Gasteiger partial charge < -0.3 is 15.0 Å². The molecule has 0 radical (unpaired) electrons. The Labute approximate surface area is 149 Å². The van der Waals surface area contributed by atoms with E-state index in [1.165, 1.54) is 11.3 Å². The molecule has 0 spiro atoms. The predicted octanol–water partition coefficient (Wildman–Crippen LogP) is 4.14. The van der Waals surface area contributed by atoms with Crippen molar-refractivity contribution in [1.29, 1.82) is 0 Å². The van der Waals surface area contributed by atoms with Crippen LogP contribution in [0.3, 0.4) is 0 Å². The van der Waals surface area contributed by atoms with Gasteiger partial charge in [0.1, 0.15) is 6.61 Å². The Morgan fingerprint density at radius 2 is 1.96 bits per heavy atom. The normalized spacial score (nSPS) is 20.2. The molecule has 25 heavy (non-hydrogen) atoms. The van der Waals surface area contributed by atoms with Crippen molar-refractivity contribution in [3.63, 3.8) is 0 Å². The van der Waals surface area contributed by atoms with E-state index in [0.29, 0.717) is 12.5 Å². The van der Waals surface area contributed by atoms with Crippen molar-refractivity contribution in [3.8, 4) is 0 Å². The topological polar surface area (TPSA) is 41.6 Å². The highest BCUT2D eigenvalue weighted by atomic mass is 16.5. The Morgan fingerprint density at radius 3 is 2.72 bits per heavy atom. The molecule has 2 aromatic rings. The first kappa shape index (κ1) is 17.3. The van der Waals surface area contributed by atoms with E-state index in [4.69, 9.17) is 4.74 Å². The highest BCUT2D eigenvalue weighted by Crippen LogP contribution is 2.24. The first-order valence-corrected chi connectivity index (χ1v) is 8.89. The molecule has 1 aliphatic heterocycles. The Bertz CT molecular complexity index is 702. The highest BCUT2D eigenvalue weighted by molar-refractivity contribution is 5.67. The lowest BCUT2D eigenvalue weighted by Gasteiger charge is -2.38. The molecule has 0 saturated carbocycles. The van der Waals surface area contributed by atoms with E-state index in [9.17, 15) is 4.79 Å². The van der Waals surface area contributed by atoms with E-state index >= 15 is 0 Å². The van der Waals surface area contributed by atoms with E-state index in [2.05, 4.69) is 48.3 Å². The number of piperidine rings is 1. The number of aryl methyl sites for hydroxylation is 1. The number of amides is 1. The van der Waals surface area contributed by atoms with Gasteiger partial charge in [0.15, 0.2) is 0 Å². The third kappa shape index (κ3) is 4.99. The molecular weight excluding hydrogens is 312 g/mol. The van der Waals surface area contributed by atoms with Crippen molar-refractivity contribution >= 4 is 11.8 Å². The van der Waals surface area contributed by atoms with Crippen molar-refractivity contribution in [2.45, 2.75) is 32.9 Å². The van der Waals surface area contributed by atoms with Gasteiger partial charge in [-0.3, -0.25) is 0 Å². The van der Waals surface area contributed by atoms with Crippen molar-refractivity contribution in [3.05, 3.63) is 65.7 Å². The summed E-state index contributed by atoms with van der Waals surface area (Å²) in [6.07, 6.45) is 0.634. The Hall–Kier alpha value is -2.49. The van der Waals surface area contributed by atoms with Crippen molar-refractivity contribution in [1.82, 2.24) is 5.32 Å². The smallest absolute Gasteiger partial charge is 0.407 e. The minimum absolute atomic E-state index is 0.104. The van der Waals surface area contributed by atoms with Crippen LogP contribution in [0.2, 0.25) is 0 Å². The molecule has 1 amide bonds. The quantitative estimate of drug-likeness (QED) is 0.911. The molecule has 1 saturated heterocycles. The Morgan fingerprint density at radius 1 is 1.16 bits per heavy atom. The van der Waals surface area contributed by atoms with E-state index < -0.39 is 0 Å². The second-order valence-corrected chi connectivity index (χ2v) is 6.99. The number of hydrogen-bond acceptors (Lipinski definition) is 3. The number of ether oxygens (including phenoxy) is 1. The van der Waals surface area contributed by atoms with Crippen LogP contribution in [0.15, 0.2) is 54.6 Å². The molecule has 0 aromatic heterocycles. The number of alkyl carbamates (subject to hydrolysis) is 1. The van der Waals surface area contributed by atoms with Gasteiger partial charge in [-0.25, -0.2) is 4.79 Å². The maximum absolute atomic E-state index is 12.1. The first-order valence-electron chi connectivity index (χ1n) is 8.89. The fourth-order valence-corrected chi connectivity index (χ4v) is 3.42. The van der Waals surface area contributed by atoms with Gasteiger partial charge in [0.2, 0.25) is 0 Å². The maximum Gasteiger partial charge on any atom is 0.407 e. The molecule has 3 rings (SSSR count). The largest absolute Gasteiger partial charge is 0.445 e. The number of benzene rings is 2. The molecule has 2 unspecified atom stereocenters. The summed E-state index contributed by atoms with van der Waals surface area (Å²) in [6, 6.07) is 18.4. The third-order valence-electron chi connectivity index (χ3n) is 4.56. The van der Waals surface area contributed by atoms with Crippen LogP contribution in [0.25, 0.3) is 0 Å². The number of anilines is 1. The molecule has 1 N–H and O–H groups in total. The van der Waals surface area contributed by atoms with E-state index in [1.54, 1.807) is 0 Å². The molecule has 0 bridgehead atoms. The van der Waals surface area contributed by atoms with Crippen LogP contribution in [0, 0.1) is 12.8 Å². The van der Waals surface area contributed by atoms with Crippen LogP contribution in [-0.4, -0.2) is 25.2 Å². The molecule has 0 aliphatic carbocycles. The van der Waals surface area contributed by atoms with Gasteiger partial charge in [0, 0.05) is 24.8 Å². The lowest BCUT2D eigenvalue weighted by molar-refractivity contribution is 0.133. The predicted molar refractivity (Wildman–Crippen MR) is 101 cm³/mol. The van der Waals surface area contributed by atoms with E-state index in [1.807, 2.05) is 30.3 Å². The lowest BCUT2D eigenvalue weighted by Crippen LogP contribution is -2.50. The summed E-state index contributed by atoms with van der Waals surface area (Å²) in [5.74, 6) is 0.522. The van der Waals surface area contributed by atoms with Crippen LogP contribution < -0.4 is 10.2 Å². The summed E-state index contributed by atoms with van der Waals surface area (Å²) in [7, 11) is 0. The molecule has 4 heteroatoms. The Balaban J connectivity index is 1.55. The van der Waals surface area contributed by atoms with Gasteiger partial charge in [0.25, 0.3) is 0 Å². The third-order valence-corrected chi connectivity index (χ3v) is 4.56. The molecular formula is C21H26N2O2. The molecule has 132 valence electrons. The average Bonchev–Trinajstić information content (AvgIpc) is 2.60. The van der Waals surface area contributed by atoms with Gasteiger partial charge in [-0.2, -0.15) is 0 Å². The Kier molecular flexibility index (Phi) is 5.59. The monoisotopic (exact) mass is 338 g/mol. The summed E-state index contributed by atoms with van der Waals surface area (Å²) in [6.45, 7) is 6.46. The van der Waals surface area contributed by atoms with Crippen molar-refractivity contribution < 1.29 is 9.53 Å². The first-order chi connectivity index (χ1) is 12.1. The second kappa shape index (κ2) is 8.06. The number of rotatable bonds is 4. The SMILES string of the molecule is Cc1cccc(N2CC(C)CC(NC(=O)OCc3ccccc3)C2)c1. The van der Waals surface area contributed by atoms with Gasteiger partial charge in [-0.05, 0) is 42.5 Å². The summed E-state index contributed by atoms with van der Waals surface area (Å²) in [4.78, 5) is 14.5. The summed E-state index contributed by atoms with van der Waals surface area (Å²) < 4.78 is 5.36. The van der Waals surface area contributed by atoms with Gasteiger partial charge in [-0.15, -0.1) is 0 Å². The van der Waals surface area contributed by atoms with Crippen LogP contribution in [0.5, 0.6) is 0 Å². The van der Waals surface area contributed by atoms with E-state index in [-0.39, 0.29) is 12.1 Å². The lowest BCUT2D eigenvalue weighted by atomic mass is 9.95. The van der Waals surface area contributed by atoms with Crippen LogP contribution in [0.1, 0.15) is 24.5 Å². The molecule has 1 heterocycles. The van der Waals surface area contributed by atoms with Crippen LogP contribution >= 0.6 is 0 Å². The molecule has 2 aromatic carbocycles. The highest BCUT2D eigenvalue weighted by Gasteiger charge is 2.26. The number of carbonyl (C=O) groups is 1. The zero-order valence-electron chi connectivity index (χ0n) is 14.9. The summed E-state index contributed by atoms with van der Waals surface area (Å²) in [5, 5.41) is 3.03. The maximum atomic E-state index is 12.1. The number of hydrogen-bond donors (Lipinski definition) is 1.